The minimum absolute atomic E-state index is 0.00334. The van der Waals surface area contributed by atoms with Gasteiger partial charge in [0, 0.05) is 17.7 Å². The molecule has 3 rings (SSSR count). The molecule has 2 saturated carbocycles. The Kier molecular flexibility index (Phi) is 9.96. The molecule has 1 spiro atoms. The Morgan fingerprint density at radius 1 is 1.26 bits per heavy atom. The Hall–Kier alpha value is -0.840. The number of ketones is 1. The third kappa shape index (κ3) is 6.73. The van der Waals surface area contributed by atoms with Gasteiger partial charge in [0.25, 0.3) is 0 Å². The molecule has 3 aliphatic rings. The van der Waals surface area contributed by atoms with E-state index in [1.807, 2.05) is 0 Å². The van der Waals surface area contributed by atoms with Crippen LogP contribution in [0, 0.1) is 28.6 Å². The van der Waals surface area contributed by atoms with E-state index in [4.69, 9.17) is 5.73 Å². The molecule has 198 valence electrons. The molecule has 0 aromatic heterocycles. The minimum Gasteiger partial charge on any atom is -0.392 e. The number of Topliss-reactive ketones (excluding diaryl/α,β-unsaturated/α-hetero) is 1. The highest BCUT2D eigenvalue weighted by atomic mass is 32.2. The predicted molar refractivity (Wildman–Crippen MR) is 151 cm³/mol. The number of hydrogen-bond donors (Lipinski definition) is 2. The second-order valence-corrected chi connectivity index (χ2v) is 13.6. The van der Waals surface area contributed by atoms with E-state index in [0.29, 0.717) is 29.8 Å². The van der Waals surface area contributed by atoms with Crippen LogP contribution in [0.25, 0.3) is 0 Å². The molecule has 3 N–H and O–H groups in total. The number of nitrogens with two attached hydrogens (primary N) is 1. The maximum Gasteiger partial charge on any atom is 0.143 e. The summed E-state index contributed by atoms with van der Waals surface area (Å²) in [5, 5.41) is 10.7. The molecule has 0 aromatic carbocycles. The molecule has 0 heterocycles. The number of rotatable bonds is 7. The first-order chi connectivity index (χ1) is 16.5. The number of thioether (sulfide) groups is 1. The molecule has 0 amide bonds. The van der Waals surface area contributed by atoms with Crippen LogP contribution in [0.15, 0.2) is 36.5 Å². The summed E-state index contributed by atoms with van der Waals surface area (Å²) in [7, 11) is 0. The number of allylic oxidation sites excluding steroid dienone is 4. The largest absolute Gasteiger partial charge is 0.392 e. The van der Waals surface area contributed by atoms with Gasteiger partial charge < -0.3 is 10.8 Å². The first kappa shape index (κ1) is 28.7. The molecule has 0 aliphatic heterocycles. The summed E-state index contributed by atoms with van der Waals surface area (Å²) in [6.45, 7) is 18.0. The maximum absolute atomic E-state index is 13.3. The third-order valence-electron chi connectivity index (χ3n) is 10.0. The van der Waals surface area contributed by atoms with E-state index in [2.05, 4.69) is 53.0 Å². The van der Waals surface area contributed by atoms with Crippen molar-refractivity contribution in [2.45, 2.75) is 116 Å². The predicted octanol–water partition coefficient (Wildman–Crippen LogP) is 7.25. The Labute approximate surface area is 219 Å². The van der Waals surface area contributed by atoms with Gasteiger partial charge in [0.05, 0.1) is 11.9 Å². The molecular weight excluding hydrogens is 450 g/mol. The van der Waals surface area contributed by atoms with Gasteiger partial charge in [-0.2, -0.15) is 0 Å². The zero-order chi connectivity index (χ0) is 25.8. The van der Waals surface area contributed by atoms with Gasteiger partial charge in [0.1, 0.15) is 5.78 Å². The van der Waals surface area contributed by atoms with Crippen molar-refractivity contribution in [3.8, 4) is 0 Å². The summed E-state index contributed by atoms with van der Waals surface area (Å²) >= 11 is 1.66. The molecule has 35 heavy (non-hydrogen) atoms. The van der Waals surface area contributed by atoms with Crippen LogP contribution >= 0.6 is 11.8 Å². The van der Waals surface area contributed by atoms with Crippen molar-refractivity contribution in [3.63, 3.8) is 0 Å². The van der Waals surface area contributed by atoms with Crippen LogP contribution in [0.2, 0.25) is 0 Å². The third-order valence-corrected chi connectivity index (χ3v) is 11.5. The van der Waals surface area contributed by atoms with Crippen LogP contribution in [0.5, 0.6) is 0 Å². The lowest BCUT2D eigenvalue weighted by molar-refractivity contribution is -0.117. The summed E-state index contributed by atoms with van der Waals surface area (Å²) in [4.78, 5) is 13.3. The molecular formula is C31H51NO2S. The standard InChI is InChI=1S/C31H51NO2S/c1-7-27-23(5)30(6,8-2)19-24(22(4)18-31(27)15-13-21(3)14-16-31)17-26(33)20-35-29-12-10-25(32)9-11-28(29)34/h8,18,23-25,27-29,34H,2-3,7,9-17,19-20,32H2,1,4-6H3/b22-18-/t23?,24-,25?,27+,28?,29?,30-/m1/s1. The fourth-order valence-corrected chi connectivity index (χ4v) is 8.55. The van der Waals surface area contributed by atoms with Crippen LogP contribution in [0.4, 0.5) is 0 Å². The average Bonchev–Trinajstić information content (AvgIpc) is 2.99. The first-order valence-electron chi connectivity index (χ1n) is 14.1. The summed E-state index contributed by atoms with van der Waals surface area (Å²) < 4.78 is 0. The van der Waals surface area contributed by atoms with Gasteiger partial charge in [-0.25, -0.2) is 0 Å². The van der Waals surface area contributed by atoms with Crippen molar-refractivity contribution in [1.82, 2.24) is 0 Å². The van der Waals surface area contributed by atoms with Crippen LogP contribution in [-0.4, -0.2) is 34.0 Å². The van der Waals surface area contributed by atoms with Gasteiger partial charge >= 0.3 is 0 Å². The highest BCUT2D eigenvalue weighted by Crippen LogP contribution is 2.57. The lowest BCUT2D eigenvalue weighted by atomic mass is 9.52. The van der Waals surface area contributed by atoms with Crippen LogP contribution < -0.4 is 5.73 Å². The highest BCUT2D eigenvalue weighted by molar-refractivity contribution is 8.00. The molecule has 0 radical (unpaired) electrons. The summed E-state index contributed by atoms with van der Waals surface area (Å²) in [6.07, 6.45) is 15.3. The Bertz CT molecular complexity index is 794. The second-order valence-electron chi connectivity index (χ2n) is 12.4. The van der Waals surface area contributed by atoms with Gasteiger partial charge in [0.2, 0.25) is 0 Å². The summed E-state index contributed by atoms with van der Waals surface area (Å²) in [5.74, 6) is 2.18. The topological polar surface area (TPSA) is 63.3 Å². The monoisotopic (exact) mass is 501 g/mol. The van der Waals surface area contributed by atoms with Crippen LogP contribution in [0.1, 0.15) is 98.3 Å². The summed E-state index contributed by atoms with van der Waals surface area (Å²) in [5.41, 5.74) is 9.10. The molecule has 0 aromatic rings. The number of hydrogen-bond acceptors (Lipinski definition) is 4. The van der Waals surface area contributed by atoms with E-state index in [0.717, 1.165) is 44.9 Å². The molecule has 2 fully saturated rings. The quantitative estimate of drug-likeness (QED) is 0.285. The van der Waals surface area contributed by atoms with Crippen molar-refractivity contribution in [1.29, 1.82) is 0 Å². The van der Waals surface area contributed by atoms with E-state index in [9.17, 15) is 9.90 Å². The number of carbonyl (C=O) groups excluding carboxylic acids is 1. The van der Waals surface area contributed by atoms with Crippen molar-refractivity contribution in [3.05, 3.63) is 36.5 Å². The minimum atomic E-state index is -0.346. The smallest absolute Gasteiger partial charge is 0.143 e. The number of aliphatic hydroxyl groups excluding tert-OH is 1. The molecule has 0 bridgehead atoms. The van der Waals surface area contributed by atoms with Crippen molar-refractivity contribution >= 4 is 17.5 Å². The van der Waals surface area contributed by atoms with Gasteiger partial charge in [-0.3, -0.25) is 4.79 Å². The normalized spacial score (nSPS) is 39.7. The molecule has 3 nitrogen and oxygen atoms in total. The van der Waals surface area contributed by atoms with Crippen molar-refractivity contribution < 1.29 is 9.90 Å². The van der Waals surface area contributed by atoms with E-state index >= 15 is 0 Å². The summed E-state index contributed by atoms with van der Waals surface area (Å²) in [6, 6.07) is 0.184. The van der Waals surface area contributed by atoms with Gasteiger partial charge in [0.15, 0.2) is 0 Å². The maximum atomic E-state index is 13.3. The van der Waals surface area contributed by atoms with E-state index in [1.165, 1.54) is 30.4 Å². The van der Waals surface area contributed by atoms with Crippen LogP contribution in [-0.2, 0) is 4.79 Å². The van der Waals surface area contributed by atoms with E-state index < -0.39 is 0 Å². The van der Waals surface area contributed by atoms with E-state index in [1.54, 1.807) is 11.8 Å². The zero-order valence-corrected chi connectivity index (χ0v) is 23.7. The van der Waals surface area contributed by atoms with E-state index in [-0.39, 0.29) is 34.1 Å². The highest BCUT2D eigenvalue weighted by Gasteiger charge is 2.47. The zero-order valence-electron chi connectivity index (χ0n) is 22.9. The second kappa shape index (κ2) is 12.1. The fourth-order valence-electron chi connectivity index (χ4n) is 7.37. The molecule has 7 atom stereocenters. The van der Waals surface area contributed by atoms with Crippen molar-refractivity contribution in [2.75, 3.05) is 5.75 Å². The molecule has 4 heteroatoms. The van der Waals surface area contributed by atoms with Gasteiger partial charge in [-0.05, 0) is 93.3 Å². The Morgan fingerprint density at radius 3 is 2.54 bits per heavy atom. The molecule has 0 saturated heterocycles. The number of carbonyl (C=O) groups is 1. The fraction of sp³-hybridized carbons (Fsp3) is 0.774. The Morgan fingerprint density at radius 2 is 1.91 bits per heavy atom. The molecule has 4 unspecified atom stereocenters. The number of aliphatic hydroxyl groups is 1. The lowest BCUT2D eigenvalue weighted by Crippen LogP contribution is -2.43. The average molecular weight is 502 g/mol. The van der Waals surface area contributed by atoms with Gasteiger partial charge in [-0.15, -0.1) is 18.3 Å². The van der Waals surface area contributed by atoms with Gasteiger partial charge in [-0.1, -0.05) is 57.1 Å². The van der Waals surface area contributed by atoms with Crippen molar-refractivity contribution in [2.24, 2.45) is 34.3 Å². The SMILES string of the molecule is C=C[C@]1(C)C[C@@H](CC(=O)CSC2CCC(N)CCC2O)/C(C)=C\C2(CCC(=C)CC2)[C@@H](CC)C1C. The van der Waals surface area contributed by atoms with Crippen LogP contribution in [0.3, 0.4) is 0 Å². The first-order valence-corrected chi connectivity index (χ1v) is 15.1. The molecule has 3 aliphatic carbocycles. The lowest BCUT2D eigenvalue weighted by Gasteiger charge is -2.52. The Balaban J connectivity index is 1.79.